The molecule has 0 aliphatic rings. The van der Waals surface area contributed by atoms with Crippen LogP contribution in [-0.4, -0.2) is 10.2 Å². The number of ether oxygens (including phenoxy) is 1. The summed E-state index contributed by atoms with van der Waals surface area (Å²) in [7, 11) is 0. The van der Waals surface area contributed by atoms with Gasteiger partial charge < -0.3 is 14.9 Å². The molecule has 0 saturated carbocycles. The third-order valence-electron chi connectivity index (χ3n) is 1.58. The fraction of sp³-hybridized carbons (Fsp3) is 0.200. The van der Waals surface area contributed by atoms with Crippen LogP contribution in [0, 0.1) is 19.0 Å². The van der Waals surface area contributed by atoms with E-state index in [1.165, 1.54) is 12.1 Å². The molecule has 0 atom stereocenters. The van der Waals surface area contributed by atoms with Crippen LogP contribution in [0.5, 0.6) is 17.2 Å². The predicted molar refractivity (Wildman–Crippen MR) is 48.6 cm³/mol. The van der Waals surface area contributed by atoms with Crippen molar-refractivity contribution in [2.45, 2.75) is 13.8 Å². The van der Waals surface area contributed by atoms with E-state index in [1.54, 1.807) is 13.8 Å². The molecule has 0 unspecified atom stereocenters. The first-order chi connectivity index (χ1) is 6.15. The van der Waals surface area contributed by atoms with Gasteiger partial charge in [-0.15, -0.1) is 0 Å². The van der Waals surface area contributed by atoms with Gasteiger partial charge in [-0.2, -0.15) is 0 Å². The van der Waals surface area contributed by atoms with Crippen molar-refractivity contribution < 1.29 is 14.9 Å². The van der Waals surface area contributed by atoms with E-state index in [9.17, 15) is 5.11 Å². The lowest BCUT2D eigenvalue weighted by molar-refractivity contribution is 0.434. The highest BCUT2D eigenvalue weighted by atomic mass is 16.5. The van der Waals surface area contributed by atoms with Crippen LogP contribution in [0.3, 0.4) is 0 Å². The largest absolute Gasteiger partial charge is 0.508 e. The monoisotopic (exact) mass is 178 g/mol. The lowest BCUT2D eigenvalue weighted by Gasteiger charge is -2.04. The summed E-state index contributed by atoms with van der Waals surface area (Å²) in [6.07, 6.45) is 2.39. The van der Waals surface area contributed by atoms with Gasteiger partial charge in [0, 0.05) is 24.6 Å². The van der Waals surface area contributed by atoms with E-state index >= 15 is 0 Å². The summed E-state index contributed by atoms with van der Waals surface area (Å²) in [6.45, 7) is 3.32. The van der Waals surface area contributed by atoms with Gasteiger partial charge in [0.05, 0.1) is 0 Å². The second-order valence-corrected chi connectivity index (χ2v) is 2.54. The Kier molecular flexibility index (Phi) is 2.65. The van der Waals surface area contributed by atoms with Gasteiger partial charge in [-0.3, -0.25) is 0 Å². The maximum atomic E-state index is 9.29. The average Bonchev–Trinajstić information content (AvgIpc) is 2.09. The molecule has 1 aromatic carbocycles. The van der Waals surface area contributed by atoms with E-state index in [0.717, 1.165) is 0 Å². The molecule has 0 aromatic heterocycles. The van der Waals surface area contributed by atoms with Gasteiger partial charge in [0.25, 0.3) is 0 Å². The topological polar surface area (TPSA) is 49.7 Å². The molecule has 0 fully saturated rings. The number of hydrogen-bond donors (Lipinski definition) is 2. The normalized spacial score (nSPS) is 8.77. The summed E-state index contributed by atoms with van der Waals surface area (Å²) >= 11 is 0. The Hall–Kier alpha value is -1.82. The Balaban J connectivity index is 3.10. The van der Waals surface area contributed by atoms with Crippen LogP contribution in [0.2, 0.25) is 0 Å². The molecule has 0 radical (unpaired) electrons. The van der Waals surface area contributed by atoms with E-state index in [-0.39, 0.29) is 11.5 Å². The Labute approximate surface area is 76.6 Å². The van der Waals surface area contributed by atoms with Gasteiger partial charge in [-0.05, 0) is 6.92 Å². The van der Waals surface area contributed by atoms with E-state index in [0.29, 0.717) is 11.3 Å². The third kappa shape index (κ3) is 2.06. The lowest BCUT2D eigenvalue weighted by atomic mass is 10.2. The molecule has 3 heteroatoms. The van der Waals surface area contributed by atoms with E-state index in [2.05, 4.69) is 12.0 Å². The average molecular weight is 178 g/mol. The SMILES string of the molecule is CC#COc1cc(O)cc(O)c1C. The molecule has 3 nitrogen and oxygen atoms in total. The maximum absolute atomic E-state index is 9.29. The van der Waals surface area contributed by atoms with E-state index < -0.39 is 0 Å². The smallest absolute Gasteiger partial charge is 0.150 e. The van der Waals surface area contributed by atoms with Crippen LogP contribution < -0.4 is 4.74 Å². The van der Waals surface area contributed by atoms with Crippen LogP contribution in [-0.2, 0) is 0 Å². The highest BCUT2D eigenvalue weighted by Gasteiger charge is 2.06. The van der Waals surface area contributed by atoms with Gasteiger partial charge in [0.15, 0.2) is 5.75 Å². The maximum Gasteiger partial charge on any atom is 0.150 e. The highest BCUT2D eigenvalue weighted by molar-refractivity contribution is 5.48. The summed E-state index contributed by atoms with van der Waals surface area (Å²) < 4.78 is 4.97. The summed E-state index contributed by atoms with van der Waals surface area (Å²) in [5.74, 6) is 2.86. The molecule has 1 aromatic rings. The zero-order valence-electron chi connectivity index (χ0n) is 7.46. The summed E-state index contributed by atoms with van der Waals surface area (Å²) in [6, 6.07) is 2.65. The number of phenols is 2. The standard InChI is InChI=1S/C10H10O3/c1-3-4-13-10-6-8(11)5-9(12)7(10)2/h5-6,11-12H,1-2H3. The molecular formula is C10H10O3. The molecule has 0 amide bonds. The van der Waals surface area contributed by atoms with Gasteiger partial charge in [0.2, 0.25) is 0 Å². The van der Waals surface area contributed by atoms with Gasteiger partial charge >= 0.3 is 0 Å². The molecule has 1 rings (SSSR count). The highest BCUT2D eigenvalue weighted by Crippen LogP contribution is 2.31. The molecule has 68 valence electrons. The molecule has 0 saturated heterocycles. The molecule has 0 heterocycles. The van der Waals surface area contributed by atoms with Crippen molar-refractivity contribution in [2.24, 2.45) is 0 Å². The van der Waals surface area contributed by atoms with Crippen LogP contribution >= 0.6 is 0 Å². The summed E-state index contributed by atoms with van der Waals surface area (Å²) in [5, 5.41) is 18.4. The molecule has 0 bridgehead atoms. The first-order valence-electron chi connectivity index (χ1n) is 3.76. The zero-order valence-corrected chi connectivity index (χ0v) is 7.46. The fourth-order valence-electron chi connectivity index (χ4n) is 0.871. The second kappa shape index (κ2) is 3.72. The minimum absolute atomic E-state index is 0.00657. The first-order valence-corrected chi connectivity index (χ1v) is 3.76. The van der Waals surface area contributed by atoms with Crippen molar-refractivity contribution >= 4 is 0 Å². The minimum atomic E-state index is -0.0454. The lowest BCUT2D eigenvalue weighted by Crippen LogP contribution is -1.86. The first kappa shape index (κ1) is 9.27. The van der Waals surface area contributed by atoms with Crippen molar-refractivity contribution in [3.63, 3.8) is 0 Å². The van der Waals surface area contributed by atoms with Gasteiger partial charge in [0.1, 0.15) is 17.6 Å². The predicted octanol–water partition coefficient (Wildman–Crippen LogP) is 1.77. The zero-order chi connectivity index (χ0) is 9.84. The van der Waals surface area contributed by atoms with E-state index in [1.807, 2.05) is 0 Å². The van der Waals surface area contributed by atoms with Crippen LogP contribution in [0.25, 0.3) is 0 Å². The third-order valence-corrected chi connectivity index (χ3v) is 1.58. The van der Waals surface area contributed by atoms with Crippen LogP contribution in [0.15, 0.2) is 12.1 Å². The number of aromatic hydroxyl groups is 2. The van der Waals surface area contributed by atoms with E-state index in [4.69, 9.17) is 9.84 Å². The number of rotatable bonds is 1. The van der Waals surface area contributed by atoms with Crippen molar-refractivity contribution in [3.8, 4) is 29.3 Å². The van der Waals surface area contributed by atoms with Gasteiger partial charge in [-0.1, -0.05) is 5.92 Å². The number of benzene rings is 1. The second-order valence-electron chi connectivity index (χ2n) is 2.54. The molecule has 0 aliphatic carbocycles. The van der Waals surface area contributed by atoms with Crippen molar-refractivity contribution in [3.05, 3.63) is 17.7 Å². The molecule has 13 heavy (non-hydrogen) atoms. The summed E-state index contributed by atoms with van der Waals surface area (Å²) in [4.78, 5) is 0. The molecular weight excluding hydrogens is 168 g/mol. The molecule has 0 spiro atoms. The number of phenolic OH excluding ortho intramolecular Hbond substituents is 2. The van der Waals surface area contributed by atoms with Crippen molar-refractivity contribution in [2.75, 3.05) is 0 Å². The van der Waals surface area contributed by atoms with Crippen LogP contribution in [0.4, 0.5) is 0 Å². The Morgan fingerprint density at radius 3 is 2.62 bits per heavy atom. The Bertz CT molecular complexity index is 372. The molecule has 0 aliphatic heterocycles. The van der Waals surface area contributed by atoms with Crippen molar-refractivity contribution in [1.82, 2.24) is 0 Å². The Morgan fingerprint density at radius 2 is 2.00 bits per heavy atom. The van der Waals surface area contributed by atoms with Crippen molar-refractivity contribution in [1.29, 1.82) is 0 Å². The number of hydrogen-bond acceptors (Lipinski definition) is 3. The fourth-order valence-corrected chi connectivity index (χ4v) is 0.871. The molecule has 2 N–H and O–H groups in total. The quantitative estimate of drug-likeness (QED) is 0.644. The summed E-state index contributed by atoms with van der Waals surface area (Å²) in [5.41, 5.74) is 0.556. The Morgan fingerprint density at radius 1 is 1.31 bits per heavy atom. The van der Waals surface area contributed by atoms with Gasteiger partial charge in [-0.25, -0.2) is 0 Å². The minimum Gasteiger partial charge on any atom is -0.508 e. The van der Waals surface area contributed by atoms with Crippen LogP contribution in [0.1, 0.15) is 12.5 Å².